The Morgan fingerprint density at radius 2 is 1.65 bits per heavy atom. The van der Waals surface area contributed by atoms with Crippen LogP contribution in [0.2, 0.25) is 0 Å². The summed E-state index contributed by atoms with van der Waals surface area (Å²) in [6, 6.07) is -0.177. The van der Waals surface area contributed by atoms with Gasteiger partial charge in [-0.15, -0.1) is 0 Å². The maximum atomic E-state index is 11.5. The van der Waals surface area contributed by atoms with Crippen LogP contribution >= 0.6 is 0 Å². The van der Waals surface area contributed by atoms with Crippen molar-refractivity contribution < 1.29 is 19.5 Å². The lowest BCUT2D eigenvalue weighted by Crippen LogP contribution is -2.43. The van der Waals surface area contributed by atoms with Crippen LogP contribution in [0.25, 0.3) is 0 Å². The van der Waals surface area contributed by atoms with Crippen molar-refractivity contribution in [1.82, 2.24) is 10.2 Å². The van der Waals surface area contributed by atoms with Crippen LogP contribution in [0.3, 0.4) is 0 Å². The molecule has 0 spiro atoms. The molecule has 0 aliphatic rings. The van der Waals surface area contributed by atoms with Crippen LogP contribution in [0.5, 0.6) is 0 Å². The number of carboxylic acids is 1. The summed E-state index contributed by atoms with van der Waals surface area (Å²) in [5, 5.41) is 11.0. The number of amides is 2. The van der Waals surface area contributed by atoms with Crippen LogP contribution in [0.4, 0.5) is 0 Å². The van der Waals surface area contributed by atoms with Gasteiger partial charge in [0.15, 0.2) is 0 Å². The fourth-order valence-electron chi connectivity index (χ4n) is 1.20. The molecule has 1 unspecified atom stereocenters. The molecule has 7 nitrogen and oxygen atoms in total. The number of nitrogens with two attached hydrogens (primary N) is 1. The number of likely N-dealkylation sites (N-methyl/N-ethyl adjacent to an activating group) is 1. The molecule has 4 N–H and O–H groups in total. The number of primary amides is 1. The summed E-state index contributed by atoms with van der Waals surface area (Å²) >= 11 is 0. The van der Waals surface area contributed by atoms with Gasteiger partial charge in [-0.1, -0.05) is 20.8 Å². The number of carbonyl (C=O) groups is 3. The van der Waals surface area contributed by atoms with E-state index < -0.39 is 5.97 Å². The summed E-state index contributed by atoms with van der Waals surface area (Å²) in [6.07, 6.45) is 0.682. The van der Waals surface area contributed by atoms with Gasteiger partial charge in [0.25, 0.3) is 0 Å². The van der Waals surface area contributed by atoms with Crippen LogP contribution in [0, 0.1) is 0 Å². The van der Waals surface area contributed by atoms with E-state index >= 15 is 0 Å². The number of hydrogen-bond acceptors (Lipinski definition) is 4. The van der Waals surface area contributed by atoms with Gasteiger partial charge >= 0.3 is 5.97 Å². The molecular weight excluding hydrogens is 267 g/mol. The summed E-state index contributed by atoms with van der Waals surface area (Å²) < 4.78 is 0. The van der Waals surface area contributed by atoms with Crippen molar-refractivity contribution >= 4 is 17.8 Å². The highest BCUT2D eigenvalue weighted by Crippen LogP contribution is 1.98. The Hall–Kier alpha value is -1.63. The minimum atomic E-state index is -0.900. The van der Waals surface area contributed by atoms with E-state index in [4.69, 9.17) is 5.11 Å². The number of nitrogens with zero attached hydrogens (tertiary/aromatic N) is 1. The minimum absolute atomic E-state index is 0.0321. The quantitative estimate of drug-likeness (QED) is 0.615. The smallest absolute Gasteiger partial charge is 0.305 e. The van der Waals surface area contributed by atoms with Crippen LogP contribution in [0.1, 0.15) is 40.5 Å². The summed E-state index contributed by atoms with van der Waals surface area (Å²) in [4.78, 5) is 32.7. The molecule has 1 atom stereocenters. The largest absolute Gasteiger partial charge is 0.481 e. The predicted octanol–water partition coefficient (Wildman–Crippen LogP) is 0.435. The highest BCUT2D eigenvalue weighted by molar-refractivity contribution is 5.82. The predicted molar refractivity (Wildman–Crippen MR) is 79.2 cm³/mol. The lowest BCUT2D eigenvalue weighted by molar-refractivity contribution is -0.137. The summed E-state index contributed by atoms with van der Waals surface area (Å²) in [6.45, 7) is 7.42. The van der Waals surface area contributed by atoms with Gasteiger partial charge in [0.1, 0.15) is 0 Å². The van der Waals surface area contributed by atoms with Crippen LogP contribution in [-0.4, -0.2) is 54.5 Å². The van der Waals surface area contributed by atoms with Gasteiger partial charge in [-0.3, -0.25) is 19.3 Å². The zero-order chi connectivity index (χ0) is 16.7. The molecule has 0 bridgehead atoms. The van der Waals surface area contributed by atoms with Gasteiger partial charge < -0.3 is 16.2 Å². The standard InChI is InChI=1S/C9H18N2O3.C2H5NO.C2H6/c1-4-7(11(2)3)9(14)10-6-5-8(12)13;1-2(3)4;1-2/h7H,4-6H2,1-3H3,(H,10,14)(H,12,13);1H3,(H2,3,4);1-2H3/i1+1,2+1,4+1;;1+1,2+1. The van der Waals surface area contributed by atoms with Crippen molar-refractivity contribution in [3.63, 3.8) is 0 Å². The maximum absolute atomic E-state index is 11.5. The van der Waals surface area contributed by atoms with E-state index in [0.29, 0.717) is 6.42 Å². The van der Waals surface area contributed by atoms with E-state index in [1.54, 1.807) is 0 Å². The van der Waals surface area contributed by atoms with E-state index in [9.17, 15) is 14.4 Å². The van der Waals surface area contributed by atoms with E-state index in [-0.39, 0.29) is 30.8 Å². The van der Waals surface area contributed by atoms with E-state index in [1.165, 1.54) is 6.92 Å². The van der Waals surface area contributed by atoms with Gasteiger partial charge in [-0.05, 0) is 20.5 Å². The number of nitrogens with one attached hydrogen (secondary N) is 1. The molecule has 0 saturated heterocycles. The highest BCUT2D eigenvalue weighted by atomic mass is 16.4. The van der Waals surface area contributed by atoms with Gasteiger partial charge in [0.05, 0.1) is 12.5 Å². The second kappa shape index (κ2) is 15.4. The zero-order valence-electron chi connectivity index (χ0n) is 13.4. The Morgan fingerprint density at radius 1 is 1.25 bits per heavy atom. The van der Waals surface area contributed by atoms with Crippen molar-refractivity contribution in [1.29, 1.82) is 0 Å². The SMILES string of the molecule is CC(N)=O.CN([13CH3])C([13CH2][13CH3])C(=O)NCCC(=O)O.[13CH3][13CH3]. The summed E-state index contributed by atoms with van der Waals surface area (Å²) in [5.41, 5.74) is 4.47. The number of rotatable bonds is 6. The molecule has 0 heterocycles. The lowest BCUT2D eigenvalue weighted by atomic mass is 10.3. The Balaban J connectivity index is -0.000000410. The maximum Gasteiger partial charge on any atom is 0.305 e. The first-order chi connectivity index (χ1) is 9.22. The molecule has 0 aromatic heterocycles. The first-order valence-electron chi connectivity index (χ1n) is 6.64. The number of carboxylic acid groups (broad SMARTS) is 1. The molecule has 0 saturated carbocycles. The molecule has 0 aromatic carbocycles. The average molecular weight is 296 g/mol. The third kappa shape index (κ3) is 18.7. The van der Waals surface area contributed by atoms with Crippen LogP contribution < -0.4 is 11.1 Å². The third-order valence-corrected chi connectivity index (χ3v) is 1.95. The number of hydrogen-bond donors (Lipinski definition) is 3. The normalized spacial score (nSPS) is 10.3. The van der Waals surface area contributed by atoms with Gasteiger partial charge in [0.2, 0.25) is 11.8 Å². The Morgan fingerprint density at radius 3 is 1.90 bits per heavy atom. The molecule has 0 rings (SSSR count). The average Bonchev–Trinajstić information content (AvgIpc) is 2.30. The van der Waals surface area contributed by atoms with Crippen LogP contribution in [0.15, 0.2) is 0 Å². The number of aliphatic carboxylic acids is 1. The molecule has 0 aliphatic heterocycles. The van der Waals surface area contributed by atoms with Gasteiger partial charge in [-0.25, -0.2) is 0 Å². The van der Waals surface area contributed by atoms with Gasteiger partial charge in [-0.2, -0.15) is 0 Å². The molecule has 2 amide bonds. The molecule has 0 fully saturated rings. The van der Waals surface area contributed by atoms with Crippen molar-refractivity contribution in [3.05, 3.63) is 0 Å². The van der Waals surface area contributed by atoms with E-state index in [0.717, 1.165) is 0 Å². The molecule has 20 heavy (non-hydrogen) atoms. The summed E-state index contributed by atoms with van der Waals surface area (Å²) in [7, 11) is 3.65. The minimum Gasteiger partial charge on any atom is -0.481 e. The first kappa shape index (κ1) is 23.5. The van der Waals surface area contributed by atoms with Gasteiger partial charge in [0, 0.05) is 13.5 Å². The highest BCUT2D eigenvalue weighted by Gasteiger charge is 2.17. The van der Waals surface area contributed by atoms with E-state index in [1.807, 2.05) is 39.8 Å². The monoisotopic (exact) mass is 296 g/mol. The topological polar surface area (TPSA) is 113 Å². The van der Waals surface area contributed by atoms with Crippen molar-refractivity contribution in [2.75, 3.05) is 20.6 Å². The first-order valence-corrected chi connectivity index (χ1v) is 6.64. The molecular formula is C13H29N3O4. The molecule has 0 radical (unpaired) electrons. The molecule has 7 heteroatoms. The lowest BCUT2D eigenvalue weighted by Gasteiger charge is -2.21. The number of carbonyl (C=O) groups excluding carboxylic acids is 2. The second-order valence-electron chi connectivity index (χ2n) is 3.93. The summed E-state index contributed by atoms with van der Waals surface area (Å²) in [5.74, 6) is -1.35. The van der Waals surface area contributed by atoms with E-state index in [2.05, 4.69) is 11.1 Å². The Labute approximate surface area is 121 Å². The fraction of sp³-hybridized carbons (Fsp3) is 0.769. The second-order valence-corrected chi connectivity index (χ2v) is 3.93. The fourth-order valence-corrected chi connectivity index (χ4v) is 1.20. The van der Waals surface area contributed by atoms with Crippen molar-refractivity contribution in [3.8, 4) is 0 Å². The zero-order valence-corrected chi connectivity index (χ0v) is 13.4. The third-order valence-electron chi connectivity index (χ3n) is 1.95. The van der Waals surface area contributed by atoms with Crippen LogP contribution in [-0.2, 0) is 14.4 Å². The Kier molecular flexibility index (Phi) is 18.1. The molecule has 0 aliphatic carbocycles. The Bertz CT molecular complexity index is 277. The van der Waals surface area contributed by atoms with Crippen molar-refractivity contribution in [2.45, 2.75) is 46.6 Å². The molecule has 120 valence electrons. The van der Waals surface area contributed by atoms with Crippen molar-refractivity contribution in [2.24, 2.45) is 5.73 Å². The molecule has 0 aromatic rings.